The first-order valence-electron chi connectivity index (χ1n) is 7.78. The summed E-state index contributed by atoms with van der Waals surface area (Å²) in [5, 5.41) is 4.09. The number of hydrazone groups is 1. The lowest BCUT2D eigenvalue weighted by Gasteiger charge is -2.11. The maximum Gasteiger partial charge on any atom is 0.277 e. The number of hydrogen-bond donors (Lipinski definition) is 1. The first kappa shape index (κ1) is 18.2. The lowest BCUT2D eigenvalue weighted by atomic mass is 10.0. The summed E-state index contributed by atoms with van der Waals surface area (Å²) in [4.78, 5) is 11.9. The molecule has 24 heavy (non-hydrogen) atoms. The zero-order valence-corrected chi connectivity index (χ0v) is 15.6. The van der Waals surface area contributed by atoms with Gasteiger partial charge in [-0.15, -0.1) is 0 Å². The maximum atomic E-state index is 11.9. The third-order valence-electron chi connectivity index (χ3n) is 3.52. The summed E-state index contributed by atoms with van der Waals surface area (Å²) in [5.41, 5.74) is 5.42. The highest BCUT2D eigenvalue weighted by Gasteiger charge is 2.08. The number of halogens is 1. The molecule has 0 saturated carbocycles. The van der Waals surface area contributed by atoms with Gasteiger partial charge in [-0.1, -0.05) is 50.2 Å². The van der Waals surface area contributed by atoms with Crippen LogP contribution in [0.4, 0.5) is 0 Å². The number of benzene rings is 2. The van der Waals surface area contributed by atoms with Crippen LogP contribution in [0.5, 0.6) is 5.75 Å². The number of nitrogens with zero attached hydrogens (tertiary/aromatic N) is 1. The zero-order valence-electron chi connectivity index (χ0n) is 14.0. The zero-order chi connectivity index (χ0) is 17.5. The minimum absolute atomic E-state index is 0.0921. The molecule has 2 aromatic rings. The van der Waals surface area contributed by atoms with E-state index < -0.39 is 0 Å². The van der Waals surface area contributed by atoms with Gasteiger partial charge in [-0.25, -0.2) is 5.43 Å². The van der Waals surface area contributed by atoms with Crippen LogP contribution in [-0.2, 0) is 4.79 Å². The maximum absolute atomic E-state index is 11.9. The van der Waals surface area contributed by atoms with Crippen LogP contribution in [0.15, 0.2) is 58.1 Å². The average Bonchev–Trinajstić information content (AvgIpc) is 2.59. The van der Waals surface area contributed by atoms with E-state index >= 15 is 0 Å². The predicted octanol–water partition coefficient (Wildman–Crippen LogP) is 4.49. The molecule has 0 bridgehead atoms. The number of carbonyl (C=O) groups is 1. The Morgan fingerprint density at radius 1 is 1.21 bits per heavy atom. The monoisotopic (exact) mass is 388 g/mol. The largest absolute Gasteiger partial charge is 0.483 e. The van der Waals surface area contributed by atoms with E-state index in [2.05, 4.69) is 40.3 Å². The fourth-order valence-electron chi connectivity index (χ4n) is 2.06. The first-order valence-corrected chi connectivity index (χ1v) is 8.57. The van der Waals surface area contributed by atoms with Crippen molar-refractivity contribution in [1.29, 1.82) is 0 Å². The van der Waals surface area contributed by atoms with Crippen molar-refractivity contribution in [3.63, 3.8) is 0 Å². The molecule has 0 aliphatic heterocycles. The highest BCUT2D eigenvalue weighted by molar-refractivity contribution is 9.10. The highest BCUT2D eigenvalue weighted by Crippen LogP contribution is 2.28. The van der Waals surface area contributed by atoms with Gasteiger partial charge in [0.1, 0.15) is 5.75 Å². The Labute approximate surface area is 151 Å². The number of amides is 1. The summed E-state index contributed by atoms with van der Waals surface area (Å²) in [6, 6.07) is 15.5. The van der Waals surface area contributed by atoms with Crippen LogP contribution in [0, 0.1) is 0 Å². The average molecular weight is 389 g/mol. The van der Waals surface area contributed by atoms with Crippen LogP contribution in [0.3, 0.4) is 0 Å². The second-order valence-corrected chi connectivity index (χ2v) is 6.59. The van der Waals surface area contributed by atoms with Gasteiger partial charge in [-0.3, -0.25) is 4.79 Å². The van der Waals surface area contributed by atoms with Crippen molar-refractivity contribution in [1.82, 2.24) is 5.43 Å². The molecule has 0 saturated heterocycles. The molecular formula is C19H21BrN2O2. The van der Waals surface area contributed by atoms with Gasteiger partial charge in [-0.05, 0) is 52.0 Å². The second kappa shape index (κ2) is 8.64. The Morgan fingerprint density at radius 2 is 1.92 bits per heavy atom. The molecule has 0 aliphatic carbocycles. The van der Waals surface area contributed by atoms with E-state index in [0.717, 1.165) is 15.7 Å². The van der Waals surface area contributed by atoms with Gasteiger partial charge in [-0.2, -0.15) is 5.10 Å². The molecule has 2 aromatic carbocycles. The molecule has 126 valence electrons. The molecule has 1 N–H and O–H groups in total. The van der Waals surface area contributed by atoms with Crippen LogP contribution in [0.25, 0.3) is 0 Å². The summed E-state index contributed by atoms with van der Waals surface area (Å²) >= 11 is 3.47. The van der Waals surface area contributed by atoms with Crippen molar-refractivity contribution >= 4 is 27.5 Å². The van der Waals surface area contributed by atoms with Gasteiger partial charge >= 0.3 is 0 Å². The predicted molar refractivity (Wildman–Crippen MR) is 101 cm³/mol. The summed E-state index contributed by atoms with van der Waals surface area (Å²) in [6.07, 6.45) is 0. The molecule has 0 heterocycles. The summed E-state index contributed by atoms with van der Waals surface area (Å²) in [6.45, 7) is 6.01. The number of rotatable bonds is 6. The van der Waals surface area contributed by atoms with Crippen LogP contribution in [0.1, 0.15) is 37.8 Å². The summed E-state index contributed by atoms with van der Waals surface area (Å²) < 4.78 is 6.38. The van der Waals surface area contributed by atoms with Crippen molar-refractivity contribution in [3.8, 4) is 5.75 Å². The molecule has 0 fully saturated rings. The van der Waals surface area contributed by atoms with Gasteiger partial charge in [0.05, 0.1) is 10.2 Å². The molecular weight excluding hydrogens is 368 g/mol. The van der Waals surface area contributed by atoms with Crippen molar-refractivity contribution in [2.45, 2.75) is 26.7 Å². The molecule has 0 unspecified atom stereocenters. The molecule has 1 amide bonds. The fourth-order valence-corrected chi connectivity index (χ4v) is 2.57. The van der Waals surface area contributed by atoms with E-state index in [9.17, 15) is 4.79 Å². The minimum Gasteiger partial charge on any atom is -0.483 e. The Hall–Kier alpha value is -2.14. The van der Waals surface area contributed by atoms with Crippen molar-refractivity contribution in [2.75, 3.05) is 6.61 Å². The molecule has 0 radical (unpaired) electrons. The van der Waals surface area contributed by atoms with Gasteiger partial charge in [0.15, 0.2) is 6.61 Å². The van der Waals surface area contributed by atoms with E-state index in [1.165, 1.54) is 5.56 Å². The third-order valence-corrected chi connectivity index (χ3v) is 4.14. The van der Waals surface area contributed by atoms with Crippen LogP contribution < -0.4 is 10.2 Å². The smallest absolute Gasteiger partial charge is 0.277 e. The minimum atomic E-state index is -0.301. The summed E-state index contributed by atoms with van der Waals surface area (Å²) in [7, 11) is 0. The summed E-state index contributed by atoms with van der Waals surface area (Å²) in [5.74, 6) is 0.775. The molecule has 0 spiro atoms. The van der Waals surface area contributed by atoms with E-state index in [1.807, 2.05) is 55.5 Å². The quantitative estimate of drug-likeness (QED) is 0.585. The van der Waals surface area contributed by atoms with E-state index in [0.29, 0.717) is 11.7 Å². The van der Waals surface area contributed by atoms with Crippen molar-refractivity contribution < 1.29 is 9.53 Å². The topological polar surface area (TPSA) is 50.7 Å². The number of nitrogens with one attached hydrogen (secondary N) is 1. The van der Waals surface area contributed by atoms with Crippen molar-refractivity contribution in [3.05, 3.63) is 64.1 Å². The Kier molecular flexibility index (Phi) is 6.55. The number of ether oxygens (including phenoxy) is 1. The normalized spacial score (nSPS) is 11.5. The molecule has 5 heteroatoms. The molecule has 2 rings (SSSR count). The van der Waals surface area contributed by atoms with Crippen LogP contribution in [-0.4, -0.2) is 18.2 Å². The van der Waals surface area contributed by atoms with Crippen LogP contribution in [0.2, 0.25) is 0 Å². The number of carbonyl (C=O) groups excluding carboxylic acids is 1. The van der Waals surface area contributed by atoms with Gasteiger partial charge < -0.3 is 4.74 Å². The van der Waals surface area contributed by atoms with E-state index in [1.54, 1.807) is 0 Å². The highest BCUT2D eigenvalue weighted by atomic mass is 79.9. The molecule has 4 nitrogen and oxygen atoms in total. The lowest BCUT2D eigenvalue weighted by Crippen LogP contribution is -2.25. The molecule has 0 atom stereocenters. The Balaban J connectivity index is 1.89. The molecule has 0 aromatic heterocycles. The van der Waals surface area contributed by atoms with Crippen LogP contribution >= 0.6 is 15.9 Å². The van der Waals surface area contributed by atoms with Gasteiger partial charge in [0.2, 0.25) is 0 Å². The van der Waals surface area contributed by atoms with E-state index in [-0.39, 0.29) is 12.5 Å². The third kappa shape index (κ3) is 5.20. The first-order chi connectivity index (χ1) is 11.5. The van der Waals surface area contributed by atoms with Gasteiger partial charge in [0, 0.05) is 0 Å². The SMILES string of the molecule is CC(=NNC(=O)COc1ccc(C(C)C)cc1Br)c1ccccc1. The van der Waals surface area contributed by atoms with Crippen molar-refractivity contribution in [2.24, 2.45) is 5.10 Å². The van der Waals surface area contributed by atoms with Gasteiger partial charge in [0.25, 0.3) is 5.91 Å². The Bertz CT molecular complexity index is 727. The Morgan fingerprint density at radius 3 is 2.54 bits per heavy atom. The lowest BCUT2D eigenvalue weighted by molar-refractivity contribution is -0.123. The second-order valence-electron chi connectivity index (χ2n) is 5.73. The standard InChI is InChI=1S/C19H21BrN2O2/c1-13(2)16-9-10-18(17(20)11-16)24-12-19(23)22-21-14(3)15-7-5-4-6-8-15/h4-11,13H,12H2,1-3H3,(H,22,23). The van der Waals surface area contributed by atoms with E-state index in [4.69, 9.17) is 4.74 Å². The fraction of sp³-hybridized carbons (Fsp3) is 0.263. The number of hydrogen-bond acceptors (Lipinski definition) is 3. The molecule has 0 aliphatic rings.